The summed E-state index contributed by atoms with van der Waals surface area (Å²) in [5, 5.41) is 0.342. The quantitative estimate of drug-likeness (QED) is 0.644. The fraction of sp³-hybridized carbons (Fsp3) is 0.900. The number of carbonyl (C=O) groups is 1. The Morgan fingerprint density at radius 1 is 1.31 bits per heavy atom. The molecule has 13 heavy (non-hydrogen) atoms. The van der Waals surface area contributed by atoms with Crippen molar-refractivity contribution in [1.29, 1.82) is 0 Å². The third-order valence-corrected chi connectivity index (χ3v) is 3.76. The maximum absolute atomic E-state index is 11.2. The van der Waals surface area contributed by atoms with E-state index in [9.17, 15) is 4.79 Å². The molecule has 0 radical (unpaired) electrons. The molecule has 0 amide bonds. The molecule has 3 heteroatoms. The molecule has 0 N–H and O–H groups in total. The Balaban J connectivity index is 3.82. The van der Waals surface area contributed by atoms with Crippen LogP contribution in [0.1, 0.15) is 27.7 Å². The molecule has 0 aromatic heterocycles. The van der Waals surface area contributed by atoms with E-state index in [-0.39, 0.29) is 11.9 Å². The van der Waals surface area contributed by atoms with Gasteiger partial charge in [0.05, 0.1) is 13.0 Å². The summed E-state index contributed by atoms with van der Waals surface area (Å²) in [6.45, 7) is 8.36. The van der Waals surface area contributed by atoms with Gasteiger partial charge in [0.1, 0.15) is 0 Å². The number of ether oxygens (including phenoxy) is 1. The molecule has 0 aliphatic heterocycles. The first kappa shape index (κ1) is 12.8. The van der Waals surface area contributed by atoms with Crippen LogP contribution in [-0.2, 0) is 9.53 Å². The van der Waals surface area contributed by atoms with E-state index >= 15 is 0 Å². The lowest BCUT2D eigenvalue weighted by Gasteiger charge is -2.17. The minimum Gasteiger partial charge on any atom is -0.469 e. The zero-order chi connectivity index (χ0) is 10.4. The lowest BCUT2D eigenvalue weighted by molar-refractivity contribution is -0.144. The van der Waals surface area contributed by atoms with Crippen LogP contribution in [0, 0.1) is 11.8 Å². The van der Waals surface area contributed by atoms with Crippen molar-refractivity contribution in [2.24, 2.45) is 11.8 Å². The molecule has 0 heterocycles. The minimum absolute atomic E-state index is 0.00579. The number of thioether (sulfide) groups is 1. The van der Waals surface area contributed by atoms with Crippen molar-refractivity contribution in [3.63, 3.8) is 0 Å². The molecule has 0 fully saturated rings. The molecule has 2 nitrogen and oxygen atoms in total. The lowest BCUT2D eigenvalue weighted by Crippen LogP contribution is -2.22. The van der Waals surface area contributed by atoms with Gasteiger partial charge in [-0.2, -0.15) is 11.8 Å². The van der Waals surface area contributed by atoms with Crippen molar-refractivity contribution in [3.8, 4) is 0 Å². The van der Waals surface area contributed by atoms with Crippen molar-refractivity contribution in [3.05, 3.63) is 0 Å². The normalized spacial score (nSPS) is 15.5. The summed E-state index contributed by atoms with van der Waals surface area (Å²) in [6, 6.07) is 0. The minimum atomic E-state index is -0.108. The monoisotopic (exact) mass is 204 g/mol. The molecule has 2 atom stereocenters. The number of esters is 1. The summed E-state index contributed by atoms with van der Waals surface area (Å²) in [4.78, 5) is 11.2. The third kappa shape index (κ3) is 5.19. The van der Waals surface area contributed by atoms with E-state index in [0.717, 1.165) is 5.75 Å². The highest BCUT2D eigenvalue weighted by molar-refractivity contribution is 7.99. The number of rotatable bonds is 5. The van der Waals surface area contributed by atoms with Gasteiger partial charge in [-0.15, -0.1) is 0 Å². The van der Waals surface area contributed by atoms with Gasteiger partial charge in [0.2, 0.25) is 0 Å². The van der Waals surface area contributed by atoms with E-state index in [0.29, 0.717) is 11.2 Å². The van der Waals surface area contributed by atoms with Gasteiger partial charge in [-0.25, -0.2) is 0 Å². The van der Waals surface area contributed by atoms with E-state index in [2.05, 4.69) is 25.5 Å². The Kier molecular flexibility index (Phi) is 6.21. The molecule has 0 rings (SSSR count). The van der Waals surface area contributed by atoms with Gasteiger partial charge in [-0.05, 0) is 11.7 Å². The summed E-state index contributed by atoms with van der Waals surface area (Å²) in [5.41, 5.74) is 0. The molecular formula is C10H20O2S. The van der Waals surface area contributed by atoms with E-state index in [1.807, 2.05) is 18.7 Å². The number of carbonyl (C=O) groups excluding carboxylic acids is 1. The van der Waals surface area contributed by atoms with Crippen molar-refractivity contribution >= 4 is 17.7 Å². The van der Waals surface area contributed by atoms with Crippen molar-refractivity contribution in [2.75, 3.05) is 12.9 Å². The highest BCUT2D eigenvalue weighted by atomic mass is 32.2. The van der Waals surface area contributed by atoms with Crippen LogP contribution in [0.15, 0.2) is 0 Å². The summed E-state index contributed by atoms with van der Waals surface area (Å²) in [5.74, 6) is 1.66. The molecule has 0 aliphatic rings. The highest BCUT2D eigenvalue weighted by Gasteiger charge is 2.20. The molecule has 0 saturated carbocycles. The Hall–Kier alpha value is -0.180. The SMILES string of the molecule is COC(=O)C(C)C(C)SCC(C)C. The molecule has 0 spiro atoms. The highest BCUT2D eigenvalue weighted by Crippen LogP contribution is 2.22. The second-order valence-corrected chi connectivity index (χ2v) is 5.15. The zero-order valence-corrected chi connectivity index (χ0v) is 9.98. The van der Waals surface area contributed by atoms with Crippen molar-refractivity contribution < 1.29 is 9.53 Å². The number of hydrogen-bond acceptors (Lipinski definition) is 3. The van der Waals surface area contributed by atoms with Crippen molar-refractivity contribution in [2.45, 2.75) is 32.9 Å². The van der Waals surface area contributed by atoms with Gasteiger partial charge in [-0.1, -0.05) is 27.7 Å². The van der Waals surface area contributed by atoms with Crippen LogP contribution in [0.25, 0.3) is 0 Å². The summed E-state index contributed by atoms with van der Waals surface area (Å²) < 4.78 is 4.69. The molecule has 0 aromatic carbocycles. The second-order valence-electron chi connectivity index (χ2n) is 3.74. The molecule has 2 unspecified atom stereocenters. The average Bonchev–Trinajstić information content (AvgIpc) is 2.11. The first-order valence-electron chi connectivity index (χ1n) is 4.68. The Labute approximate surface area is 85.4 Å². The van der Waals surface area contributed by atoms with Crippen LogP contribution in [0.5, 0.6) is 0 Å². The molecule has 0 bridgehead atoms. The Morgan fingerprint density at radius 2 is 1.85 bits per heavy atom. The predicted molar refractivity (Wildman–Crippen MR) is 57.9 cm³/mol. The maximum atomic E-state index is 11.2. The largest absolute Gasteiger partial charge is 0.469 e. The summed E-state index contributed by atoms with van der Waals surface area (Å²) >= 11 is 1.84. The maximum Gasteiger partial charge on any atom is 0.309 e. The van der Waals surface area contributed by atoms with E-state index in [1.165, 1.54) is 7.11 Å². The fourth-order valence-corrected chi connectivity index (χ4v) is 1.95. The standard InChI is InChI=1S/C10H20O2S/c1-7(2)6-13-9(4)8(3)10(11)12-5/h7-9H,6H2,1-5H3. The first-order valence-corrected chi connectivity index (χ1v) is 5.73. The van der Waals surface area contributed by atoms with Crippen LogP contribution in [0.2, 0.25) is 0 Å². The van der Waals surface area contributed by atoms with Gasteiger partial charge in [0.15, 0.2) is 0 Å². The second kappa shape index (κ2) is 6.30. The third-order valence-electron chi connectivity index (χ3n) is 1.97. The molecule has 78 valence electrons. The van der Waals surface area contributed by atoms with Gasteiger partial charge >= 0.3 is 5.97 Å². The average molecular weight is 204 g/mol. The van der Waals surface area contributed by atoms with Crippen LogP contribution in [0.3, 0.4) is 0 Å². The van der Waals surface area contributed by atoms with Gasteiger partial charge < -0.3 is 4.74 Å². The Morgan fingerprint density at radius 3 is 2.23 bits per heavy atom. The molecule has 0 saturated heterocycles. The van der Waals surface area contributed by atoms with E-state index in [4.69, 9.17) is 0 Å². The van der Waals surface area contributed by atoms with Crippen LogP contribution in [-0.4, -0.2) is 24.1 Å². The predicted octanol–water partition coefficient (Wildman–Crippen LogP) is 2.57. The Bertz CT molecular complexity index is 157. The van der Waals surface area contributed by atoms with E-state index < -0.39 is 0 Å². The van der Waals surface area contributed by atoms with Gasteiger partial charge in [0.25, 0.3) is 0 Å². The summed E-state index contributed by atoms with van der Waals surface area (Å²) in [7, 11) is 1.44. The van der Waals surface area contributed by atoms with E-state index in [1.54, 1.807) is 0 Å². The smallest absolute Gasteiger partial charge is 0.309 e. The van der Waals surface area contributed by atoms with Crippen LogP contribution >= 0.6 is 11.8 Å². The zero-order valence-electron chi connectivity index (χ0n) is 9.16. The van der Waals surface area contributed by atoms with Crippen molar-refractivity contribution in [1.82, 2.24) is 0 Å². The first-order chi connectivity index (χ1) is 5.99. The lowest BCUT2D eigenvalue weighted by atomic mass is 10.1. The number of hydrogen-bond donors (Lipinski definition) is 0. The van der Waals surface area contributed by atoms with Crippen LogP contribution < -0.4 is 0 Å². The van der Waals surface area contributed by atoms with Gasteiger partial charge in [0, 0.05) is 5.25 Å². The van der Waals surface area contributed by atoms with Crippen LogP contribution in [0.4, 0.5) is 0 Å². The summed E-state index contributed by atoms with van der Waals surface area (Å²) in [6.07, 6.45) is 0. The molecule has 0 aromatic rings. The van der Waals surface area contributed by atoms with Gasteiger partial charge in [-0.3, -0.25) is 4.79 Å². The topological polar surface area (TPSA) is 26.3 Å². The molecule has 0 aliphatic carbocycles. The fourth-order valence-electron chi connectivity index (χ4n) is 0.866. The molecular weight excluding hydrogens is 184 g/mol. The number of methoxy groups -OCH3 is 1.